The molecule has 1 atom stereocenters. The van der Waals surface area contributed by atoms with E-state index in [2.05, 4.69) is 15.5 Å². The van der Waals surface area contributed by atoms with Crippen LogP contribution in [-0.2, 0) is 9.53 Å². The Hall–Kier alpha value is -3.48. The summed E-state index contributed by atoms with van der Waals surface area (Å²) >= 11 is 0. The lowest BCUT2D eigenvalue weighted by atomic mass is 9.80. The number of aromatic hydroxyl groups is 1. The quantitative estimate of drug-likeness (QED) is 0.616. The van der Waals surface area contributed by atoms with E-state index in [9.17, 15) is 9.90 Å². The topological polar surface area (TPSA) is 96.5 Å². The summed E-state index contributed by atoms with van der Waals surface area (Å²) in [6.45, 7) is 0.216. The Balaban J connectivity index is 1.80. The van der Waals surface area contributed by atoms with Crippen LogP contribution in [0.15, 0.2) is 47.8 Å². The molecule has 26 heavy (non-hydrogen) atoms. The predicted molar refractivity (Wildman–Crippen MR) is 94.2 cm³/mol. The third kappa shape index (κ3) is 1.94. The van der Waals surface area contributed by atoms with Crippen LogP contribution in [0.5, 0.6) is 11.5 Å². The van der Waals surface area contributed by atoms with E-state index >= 15 is 0 Å². The van der Waals surface area contributed by atoms with E-state index < -0.39 is 0 Å². The van der Waals surface area contributed by atoms with Gasteiger partial charge >= 0.3 is 5.97 Å². The minimum absolute atomic E-state index is 0.0235. The van der Waals surface area contributed by atoms with Gasteiger partial charge in [-0.15, -0.1) is 0 Å². The van der Waals surface area contributed by atoms with Crippen LogP contribution in [-0.4, -0.2) is 35.0 Å². The van der Waals surface area contributed by atoms with Crippen molar-refractivity contribution in [3.63, 3.8) is 0 Å². The Morgan fingerprint density at radius 1 is 1.31 bits per heavy atom. The average molecular weight is 349 g/mol. The number of phenols is 1. The summed E-state index contributed by atoms with van der Waals surface area (Å²) < 4.78 is 10.4. The number of anilines is 1. The van der Waals surface area contributed by atoms with Crippen molar-refractivity contribution in [2.24, 2.45) is 0 Å². The average Bonchev–Trinajstić information content (AvgIpc) is 3.26. The second-order valence-electron chi connectivity index (χ2n) is 6.32. The first-order chi connectivity index (χ1) is 12.7. The SMILES string of the molecule is COc1ccc(C2C3=C(COC3=O)Nc3ccc4cn[nH]c4c32)cc1O. The van der Waals surface area contributed by atoms with Gasteiger partial charge < -0.3 is 19.9 Å². The van der Waals surface area contributed by atoms with E-state index in [-0.39, 0.29) is 24.2 Å². The molecule has 0 aliphatic carbocycles. The third-order valence-corrected chi connectivity index (χ3v) is 4.95. The monoisotopic (exact) mass is 349 g/mol. The highest BCUT2D eigenvalue weighted by Gasteiger charge is 2.39. The summed E-state index contributed by atoms with van der Waals surface area (Å²) in [5.74, 6) is -0.326. The third-order valence-electron chi connectivity index (χ3n) is 4.95. The van der Waals surface area contributed by atoms with Crippen LogP contribution >= 0.6 is 0 Å². The fourth-order valence-corrected chi connectivity index (χ4v) is 3.78. The Morgan fingerprint density at radius 3 is 3.00 bits per heavy atom. The van der Waals surface area contributed by atoms with Crippen molar-refractivity contribution < 1.29 is 19.4 Å². The number of cyclic esters (lactones) is 1. The van der Waals surface area contributed by atoms with Crippen LogP contribution in [0.1, 0.15) is 17.0 Å². The van der Waals surface area contributed by atoms with Crippen LogP contribution in [0.3, 0.4) is 0 Å². The number of benzene rings is 2. The van der Waals surface area contributed by atoms with Gasteiger partial charge in [-0.1, -0.05) is 6.07 Å². The number of methoxy groups -OCH3 is 1. The molecule has 1 aromatic heterocycles. The minimum atomic E-state index is -0.378. The van der Waals surface area contributed by atoms with Gasteiger partial charge in [-0.05, 0) is 29.8 Å². The molecule has 2 aliphatic rings. The van der Waals surface area contributed by atoms with Gasteiger partial charge in [-0.3, -0.25) is 5.10 Å². The summed E-state index contributed by atoms with van der Waals surface area (Å²) in [6, 6.07) is 9.11. The maximum Gasteiger partial charge on any atom is 0.337 e. The van der Waals surface area contributed by atoms with Crippen LogP contribution in [0.4, 0.5) is 5.69 Å². The first kappa shape index (κ1) is 14.8. The van der Waals surface area contributed by atoms with Gasteiger partial charge in [0.05, 0.1) is 30.1 Å². The van der Waals surface area contributed by atoms with E-state index in [1.165, 1.54) is 7.11 Å². The molecule has 0 saturated heterocycles. The zero-order valence-corrected chi connectivity index (χ0v) is 13.9. The predicted octanol–water partition coefficient (Wildman–Crippen LogP) is 2.65. The second-order valence-corrected chi connectivity index (χ2v) is 6.32. The molecule has 2 aromatic carbocycles. The van der Waals surface area contributed by atoms with Crippen LogP contribution in [0, 0.1) is 0 Å². The minimum Gasteiger partial charge on any atom is -0.504 e. The van der Waals surface area contributed by atoms with Gasteiger partial charge in [-0.25, -0.2) is 4.79 Å². The highest BCUT2D eigenvalue weighted by atomic mass is 16.5. The smallest absolute Gasteiger partial charge is 0.337 e. The first-order valence-electron chi connectivity index (χ1n) is 8.17. The molecular formula is C19H15N3O4. The number of nitrogens with zero attached hydrogens (tertiary/aromatic N) is 1. The van der Waals surface area contributed by atoms with Crippen molar-refractivity contribution in [3.05, 3.63) is 58.9 Å². The van der Waals surface area contributed by atoms with E-state index in [4.69, 9.17) is 9.47 Å². The number of aromatic nitrogens is 2. The molecule has 7 nitrogen and oxygen atoms in total. The van der Waals surface area contributed by atoms with E-state index in [0.717, 1.165) is 33.4 Å². The number of esters is 1. The van der Waals surface area contributed by atoms with Crippen LogP contribution in [0.25, 0.3) is 10.9 Å². The van der Waals surface area contributed by atoms with Gasteiger partial charge in [0.2, 0.25) is 0 Å². The Labute approximate surface area is 148 Å². The zero-order chi connectivity index (χ0) is 17.8. The fraction of sp³-hybridized carbons (Fsp3) is 0.158. The molecule has 130 valence electrons. The molecule has 0 saturated carbocycles. The van der Waals surface area contributed by atoms with E-state index in [0.29, 0.717) is 11.3 Å². The number of carbonyl (C=O) groups excluding carboxylic acids is 1. The van der Waals surface area contributed by atoms with Crippen molar-refractivity contribution in [1.82, 2.24) is 10.2 Å². The van der Waals surface area contributed by atoms with Crippen molar-refractivity contribution in [3.8, 4) is 11.5 Å². The molecule has 3 aromatic rings. The summed E-state index contributed by atoms with van der Waals surface area (Å²) in [5.41, 5.74) is 4.73. The lowest BCUT2D eigenvalue weighted by Crippen LogP contribution is -2.20. The molecular weight excluding hydrogens is 334 g/mol. The molecule has 0 bridgehead atoms. The molecule has 0 fully saturated rings. The van der Waals surface area contributed by atoms with E-state index in [1.54, 1.807) is 18.3 Å². The largest absolute Gasteiger partial charge is 0.504 e. The Morgan fingerprint density at radius 2 is 2.19 bits per heavy atom. The molecule has 0 radical (unpaired) electrons. The number of hydrogen-bond donors (Lipinski definition) is 3. The van der Waals surface area contributed by atoms with Crippen molar-refractivity contribution >= 4 is 22.6 Å². The van der Waals surface area contributed by atoms with Gasteiger partial charge in [0.15, 0.2) is 11.5 Å². The van der Waals surface area contributed by atoms with Gasteiger partial charge in [0.25, 0.3) is 0 Å². The van der Waals surface area contributed by atoms with E-state index in [1.807, 2.05) is 18.2 Å². The van der Waals surface area contributed by atoms with Crippen LogP contribution in [0.2, 0.25) is 0 Å². The van der Waals surface area contributed by atoms with Crippen molar-refractivity contribution in [2.75, 3.05) is 19.0 Å². The number of hydrogen-bond acceptors (Lipinski definition) is 6. The molecule has 3 heterocycles. The lowest BCUT2D eigenvalue weighted by Gasteiger charge is -2.27. The molecule has 5 rings (SSSR count). The fourth-order valence-electron chi connectivity index (χ4n) is 3.78. The number of ether oxygens (including phenoxy) is 2. The van der Waals surface area contributed by atoms with Crippen LogP contribution < -0.4 is 10.1 Å². The maximum atomic E-state index is 12.5. The highest BCUT2D eigenvalue weighted by molar-refractivity contribution is 6.00. The second kappa shape index (κ2) is 5.26. The number of aromatic amines is 1. The zero-order valence-electron chi connectivity index (χ0n) is 13.9. The number of fused-ring (bicyclic) bond motifs is 3. The van der Waals surface area contributed by atoms with Gasteiger partial charge in [-0.2, -0.15) is 5.10 Å². The molecule has 1 unspecified atom stereocenters. The summed E-state index contributed by atoms with van der Waals surface area (Å²) in [7, 11) is 1.50. The highest BCUT2D eigenvalue weighted by Crippen LogP contribution is 2.47. The van der Waals surface area contributed by atoms with Gasteiger partial charge in [0, 0.05) is 22.6 Å². The molecule has 2 aliphatic heterocycles. The summed E-state index contributed by atoms with van der Waals surface area (Å²) in [5, 5.41) is 21.7. The van der Waals surface area contributed by atoms with Crippen molar-refractivity contribution in [1.29, 1.82) is 0 Å². The van der Waals surface area contributed by atoms with Gasteiger partial charge in [0.1, 0.15) is 6.61 Å². The Bertz CT molecular complexity index is 1100. The standard InChI is InChI=1S/C19H15N3O4/c1-25-14-5-3-9(6-13(14)23)15-16-11(4-2-10-7-20-22-18(10)16)21-12-8-26-19(24)17(12)15/h2-7,15,21,23H,8H2,1H3,(H,20,22). The normalized spacial score (nSPS) is 18.3. The number of H-pyrrole nitrogens is 1. The lowest BCUT2D eigenvalue weighted by molar-refractivity contribution is -0.136. The number of rotatable bonds is 2. The number of nitrogens with one attached hydrogen (secondary N) is 2. The first-order valence-corrected chi connectivity index (χ1v) is 8.17. The molecule has 7 heteroatoms. The number of phenolic OH excluding ortho intramolecular Hbond substituents is 1. The Kier molecular flexibility index (Phi) is 3.00. The maximum absolute atomic E-state index is 12.5. The molecule has 3 N–H and O–H groups in total. The summed E-state index contributed by atoms with van der Waals surface area (Å²) in [6.07, 6.45) is 1.75. The molecule has 0 spiro atoms. The molecule has 0 amide bonds. The van der Waals surface area contributed by atoms with Crippen molar-refractivity contribution in [2.45, 2.75) is 5.92 Å². The number of carbonyl (C=O) groups is 1. The summed E-state index contributed by atoms with van der Waals surface area (Å²) in [4.78, 5) is 12.5.